The molecule has 1 N–H and O–H groups in total. The normalized spacial score (nSPS) is 19.0. The summed E-state index contributed by atoms with van der Waals surface area (Å²) in [6, 6.07) is 16.7. The van der Waals surface area contributed by atoms with Crippen LogP contribution in [-0.4, -0.2) is 31.2 Å². The number of nitrogens with zero attached hydrogens (tertiary/aromatic N) is 1. The molecule has 0 radical (unpaired) electrons. The number of carbonyl (C=O) groups excluding carboxylic acids is 1. The smallest absolute Gasteiger partial charge is 0.243 e. The van der Waals surface area contributed by atoms with Crippen molar-refractivity contribution in [2.45, 2.75) is 36.7 Å². The number of nitrogens with one attached hydrogen (secondary N) is 1. The van der Waals surface area contributed by atoms with Crippen molar-refractivity contribution in [3.05, 3.63) is 66.4 Å². The van der Waals surface area contributed by atoms with E-state index in [-0.39, 0.29) is 16.8 Å². The van der Waals surface area contributed by atoms with Crippen LogP contribution < -0.4 is 5.32 Å². The van der Waals surface area contributed by atoms with Crippen molar-refractivity contribution in [2.75, 3.05) is 6.54 Å². The summed E-state index contributed by atoms with van der Waals surface area (Å²) < 4.78 is 33.0. The van der Waals surface area contributed by atoms with Gasteiger partial charge in [0.05, 0.1) is 10.9 Å². The lowest BCUT2D eigenvalue weighted by molar-refractivity contribution is -0.125. The Morgan fingerprint density at radius 2 is 1.86 bits per heavy atom. The minimum Gasteiger partial charge on any atom is -0.459 e. The number of amides is 1. The largest absolute Gasteiger partial charge is 0.459 e. The number of hydrogen-bond donors (Lipinski definition) is 1. The predicted molar refractivity (Wildman–Crippen MR) is 106 cm³/mol. The molecule has 2 atom stereocenters. The lowest BCUT2D eigenvalue weighted by Crippen LogP contribution is -2.46. The van der Waals surface area contributed by atoms with Gasteiger partial charge in [0.25, 0.3) is 0 Å². The molecule has 0 spiro atoms. The van der Waals surface area contributed by atoms with Crippen LogP contribution in [0, 0.1) is 0 Å². The highest BCUT2D eigenvalue weighted by Gasteiger charge is 2.39. The van der Waals surface area contributed by atoms with Gasteiger partial charge in [0.2, 0.25) is 15.9 Å². The Hall–Kier alpha value is -2.64. The second-order valence-corrected chi connectivity index (χ2v) is 8.89. The van der Waals surface area contributed by atoms with Crippen LogP contribution in [0.3, 0.4) is 0 Å². The van der Waals surface area contributed by atoms with Crippen LogP contribution in [0.15, 0.2) is 70.0 Å². The topological polar surface area (TPSA) is 79.6 Å². The Labute approximate surface area is 164 Å². The van der Waals surface area contributed by atoms with Crippen LogP contribution >= 0.6 is 0 Å². The van der Waals surface area contributed by atoms with Gasteiger partial charge in [0.1, 0.15) is 17.4 Å². The SMILES string of the molecule is C[C@@H](NC(=O)[C@H]1CCCN1S(=O)(=O)c1ccccc1)c1cc2ccccc2o1. The lowest BCUT2D eigenvalue weighted by Gasteiger charge is -2.24. The maximum Gasteiger partial charge on any atom is 0.243 e. The monoisotopic (exact) mass is 398 g/mol. The van der Waals surface area contributed by atoms with Crippen molar-refractivity contribution in [2.24, 2.45) is 0 Å². The van der Waals surface area contributed by atoms with Gasteiger partial charge in [0.15, 0.2) is 0 Å². The van der Waals surface area contributed by atoms with Crippen molar-refractivity contribution in [3.8, 4) is 0 Å². The van der Waals surface area contributed by atoms with E-state index in [9.17, 15) is 13.2 Å². The van der Waals surface area contributed by atoms with E-state index in [2.05, 4.69) is 5.32 Å². The highest BCUT2D eigenvalue weighted by molar-refractivity contribution is 7.89. The molecular weight excluding hydrogens is 376 g/mol. The molecule has 1 saturated heterocycles. The number of sulfonamides is 1. The molecule has 0 saturated carbocycles. The molecule has 1 amide bonds. The fourth-order valence-corrected chi connectivity index (χ4v) is 5.29. The first kappa shape index (κ1) is 18.7. The molecule has 2 aromatic carbocycles. The van der Waals surface area contributed by atoms with Gasteiger partial charge in [-0.15, -0.1) is 0 Å². The number of rotatable bonds is 5. The maximum absolute atomic E-state index is 12.9. The molecule has 4 rings (SSSR count). The molecule has 2 heterocycles. The highest BCUT2D eigenvalue weighted by Crippen LogP contribution is 2.28. The first-order chi connectivity index (χ1) is 13.5. The molecule has 1 fully saturated rings. The third-order valence-electron chi connectivity index (χ3n) is 5.09. The second-order valence-electron chi connectivity index (χ2n) is 7.00. The molecule has 1 aliphatic heterocycles. The van der Waals surface area contributed by atoms with Crippen molar-refractivity contribution < 1.29 is 17.6 Å². The zero-order chi connectivity index (χ0) is 19.7. The van der Waals surface area contributed by atoms with Crippen molar-refractivity contribution in [1.82, 2.24) is 9.62 Å². The standard InChI is InChI=1S/C21H22N2O4S/c1-15(20-14-16-8-5-6-12-19(16)27-20)22-21(24)18-11-7-13-23(18)28(25,26)17-9-3-2-4-10-17/h2-6,8-10,12,14-15,18H,7,11,13H2,1H3,(H,22,24)/t15-,18-/m1/s1. The summed E-state index contributed by atoms with van der Waals surface area (Å²) in [5.41, 5.74) is 0.757. The van der Waals surface area contributed by atoms with Gasteiger partial charge in [-0.25, -0.2) is 8.42 Å². The summed E-state index contributed by atoms with van der Waals surface area (Å²) in [7, 11) is -3.70. The number of para-hydroxylation sites is 1. The molecule has 0 unspecified atom stereocenters. The molecule has 3 aromatic rings. The number of hydrogen-bond acceptors (Lipinski definition) is 4. The number of benzene rings is 2. The van der Waals surface area contributed by atoms with E-state index in [1.165, 1.54) is 4.31 Å². The van der Waals surface area contributed by atoms with E-state index in [0.29, 0.717) is 25.1 Å². The Balaban J connectivity index is 1.52. The van der Waals surface area contributed by atoms with Crippen molar-refractivity contribution >= 4 is 26.9 Å². The Kier molecular flexibility index (Phi) is 4.95. The predicted octanol–water partition coefficient (Wildman–Crippen LogP) is 3.46. The second kappa shape index (κ2) is 7.41. The molecule has 6 nitrogen and oxygen atoms in total. The Morgan fingerprint density at radius 1 is 1.14 bits per heavy atom. The summed E-state index contributed by atoms with van der Waals surface area (Å²) in [5.74, 6) is 0.343. The van der Waals surface area contributed by atoms with Crippen LogP contribution in [0.25, 0.3) is 11.0 Å². The van der Waals surface area contributed by atoms with Gasteiger partial charge < -0.3 is 9.73 Å². The van der Waals surface area contributed by atoms with E-state index in [0.717, 1.165) is 11.0 Å². The van der Waals surface area contributed by atoms with Gasteiger partial charge in [0, 0.05) is 11.9 Å². The Morgan fingerprint density at radius 3 is 2.61 bits per heavy atom. The molecule has 0 bridgehead atoms. The van der Waals surface area contributed by atoms with Crippen LogP contribution in [0.5, 0.6) is 0 Å². The van der Waals surface area contributed by atoms with E-state index in [4.69, 9.17) is 4.42 Å². The minimum atomic E-state index is -3.70. The first-order valence-electron chi connectivity index (χ1n) is 9.32. The molecule has 28 heavy (non-hydrogen) atoms. The molecule has 1 aromatic heterocycles. The van der Waals surface area contributed by atoms with Crippen molar-refractivity contribution in [3.63, 3.8) is 0 Å². The van der Waals surface area contributed by atoms with E-state index in [1.54, 1.807) is 30.3 Å². The van der Waals surface area contributed by atoms with Gasteiger partial charge in [-0.3, -0.25) is 4.79 Å². The van der Waals surface area contributed by atoms with Crippen LogP contribution in [-0.2, 0) is 14.8 Å². The molecule has 146 valence electrons. The average Bonchev–Trinajstić information content (AvgIpc) is 3.36. The van der Waals surface area contributed by atoms with Gasteiger partial charge >= 0.3 is 0 Å². The fourth-order valence-electron chi connectivity index (χ4n) is 3.61. The highest BCUT2D eigenvalue weighted by atomic mass is 32.2. The Bertz CT molecular complexity index is 1060. The van der Waals surface area contributed by atoms with Crippen molar-refractivity contribution in [1.29, 1.82) is 0 Å². The zero-order valence-electron chi connectivity index (χ0n) is 15.5. The third-order valence-corrected chi connectivity index (χ3v) is 7.01. The van der Waals surface area contributed by atoms with Crippen LogP contribution in [0.2, 0.25) is 0 Å². The van der Waals surface area contributed by atoms with Gasteiger partial charge in [-0.2, -0.15) is 4.31 Å². The molecular formula is C21H22N2O4S. The van der Waals surface area contributed by atoms with Crippen LogP contribution in [0.1, 0.15) is 31.6 Å². The average molecular weight is 398 g/mol. The maximum atomic E-state index is 12.9. The van der Waals surface area contributed by atoms with Gasteiger partial charge in [-0.1, -0.05) is 36.4 Å². The zero-order valence-corrected chi connectivity index (χ0v) is 16.4. The summed E-state index contributed by atoms with van der Waals surface area (Å²) in [4.78, 5) is 13.1. The van der Waals surface area contributed by atoms with Crippen LogP contribution in [0.4, 0.5) is 0 Å². The summed E-state index contributed by atoms with van der Waals surface area (Å²) in [6.07, 6.45) is 1.16. The summed E-state index contributed by atoms with van der Waals surface area (Å²) in [5, 5.41) is 3.88. The van der Waals surface area contributed by atoms with E-state index < -0.39 is 16.1 Å². The number of fused-ring (bicyclic) bond motifs is 1. The molecule has 1 aliphatic rings. The number of carbonyl (C=O) groups is 1. The minimum absolute atomic E-state index is 0.208. The quantitative estimate of drug-likeness (QED) is 0.714. The van der Waals surface area contributed by atoms with E-state index >= 15 is 0 Å². The summed E-state index contributed by atoms with van der Waals surface area (Å²) in [6.45, 7) is 2.18. The number of furan rings is 1. The molecule has 0 aliphatic carbocycles. The molecule has 7 heteroatoms. The first-order valence-corrected chi connectivity index (χ1v) is 10.8. The fraction of sp³-hybridized carbons (Fsp3) is 0.286. The summed E-state index contributed by atoms with van der Waals surface area (Å²) >= 11 is 0. The van der Waals surface area contributed by atoms with Gasteiger partial charge in [-0.05, 0) is 44.0 Å². The van der Waals surface area contributed by atoms with E-state index in [1.807, 2.05) is 37.3 Å². The third kappa shape index (κ3) is 3.43. The lowest BCUT2D eigenvalue weighted by atomic mass is 10.2.